The van der Waals surface area contributed by atoms with Crippen molar-refractivity contribution in [2.24, 2.45) is 0 Å². The van der Waals surface area contributed by atoms with Gasteiger partial charge in [0.15, 0.2) is 0 Å². The van der Waals surface area contributed by atoms with E-state index in [1.807, 2.05) is 30.3 Å². The number of rotatable bonds is 6. The molecule has 0 unspecified atom stereocenters. The van der Waals surface area contributed by atoms with Gasteiger partial charge in [-0.3, -0.25) is 14.5 Å². The quantitative estimate of drug-likeness (QED) is 0.768. The lowest BCUT2D eigenvalue weighted by molar-refractivity contribution is -0.123. The van der Waals surface area contributed by atoms with Crippen LogP contribution in [0.4, 0.5) is 0 Å². The Hall–Kier alpha value is -1.88. The van der Waals surface area contributed by atoms with Crippen LogP contribution in [0.15, 0.2) is 30.3 Å². The van der Waals surface area contributed by atoms with Crippen molar-refractivity contribution in [2.75, 3.05) is 32.7 Å². The highest BCUT2D eigenvalue weighted by Crippen LogP contribution is 2.01. The first-order valence-corrected chi connectivity index (χ1v) is 7.00. The Bertz CT molecular complexity index is 428. The molecule has 1 aliphatic rings. The topological polar surface area (TPSA) is 52.7 Å². The fourth-order valence-electron chi connectivity index (χ4n) is 2.24. The van der Waals surface area contributed by atoms with E-state index >= 15 is 0 Å². The lowest BCUT2D eigenvalue weighted by Crippen LogP contribution is -2.46. The minimum Gasteiger partial charge on any atom is -0.352 e. The lowest BCUT2D eigenvalue weighted by atomic mass is 10.2. The molecule has 2 amide bonds. The van der Waals surface area contributed by atoms with E-state index in [0.29, 0.717) is 13.0 Å². The summed E-state index contributed by atoms with van der Waals surface area (Å²) in [4.78, 5) is 26.4. The Morgan fingerprint density at radius 1 is 1.15 bits per heavy atom. The summed E-state index contributed by atoms with van der Waals surface area (Å²) in [6.07, 6.45) is 1.40. The largest absolute Gasteiger partial charge is 0.352 e. The van der Waals surface area contributed by atoms with Gasteiger partial charge in [0.1, 0.15) is 0 Å². The van der Waals surface area contributed by atoms with Crippen LogP contribution in [-0.2, 0) is 16.1 Å². The third-order valence-electron chi connectivity index (χ3n) is 3.54. The first-order chi connectivity index (χ1) is 9.78. The number of carbonyl (C=O) groups is 2. The molecule has 5 heteroatoms. The van der Waals surface area contributed by atoms with Gasteiger partial charge in [-0.2, -0.15) is 0 Å². The van der Waals surface area contributed by atoms with Gasteiger partial charge in [0, 0.05) is 45.7 Å². The SMILES string of the molecule is O=CN1CCN(CCC(=O)NCc2ccccc2)CC1. The van der Waals surface area contributed by atoms with E-state index < -0.39 is 0 Å². The summed E-state index contributed by atoms with van der Waals surface area (Å²) >= 11 is 0. The number of nitrogens with zero attached hydrogens (tertiary/aromatic N) is 2. The maximum atomic E-state index is 11.8. The molecule has 0 radical (unpaired) electrons. The van der Waals surface area contributed by atoms with Crippen LogP contribution in [0.5, 0.6) is 0 Å². The van der Waals surface area contributed by atoms with Gasteiger partial charge in [0.25, 0.3) is 0 Å². The van der Waals surface area contributed by atoms with E-state index in [-0.39, 0.29) is 5.91 Å². The molecule has 1 fully saturated rings. The van der Waals surface area contributed by atoms with Crippen LogP contribution >= 0.6 is 0 Å². The predicted octanol–water partition coefficient (Wildman–Crippen LogP) is 0.467. The molecule has 1 aromatic rings. The van der Waals surface area contributed by atoms with Gasteiger partial charge in [0.05, 0.1) is 0 Å². The summed E-state index contributed by atoms with van der Waals surface area (Å²) < 4.78 is 0. The van der Waals surface area contributed by atoms with Crippen molar-refractivity contribution in [3.63, 3.8) is 0 Å². The molecule has 2 rings (SSSR count). The standard InChI is InChI=1S/C15H21N3O2/c19-13-18-10-8-17(9-11-18)7-6-15(20)16-12-14-4-2-1-3-5-14/h1-5,13H,6-12H2,(H,16,20). The van der Waals surface area contributed by atoms with Crippen molar-refractivity contribution in [3.8, 4) is 0 Å². The number of piperazine rings is 1. The molecule has 1 saturated heterocycles. The van der Waals surface area contributed by atoms with Gasteiger partial charge < -0.3 is 10.2 Å². The van der Waals surface area contributed by atoms with Gasteiger partial charge in [-0.15, -0.1) is 0 Å². The fourth-order valence-corrected chi connectivity index (χ4v) is 2.24. The number of carbonyl (C=O) groups excluding carboxylic acids is 2. The maximum absolute atomic E-state index is 11.8. The molecule has 1 heterocycles. The van der Waals surface area contributed by atoms with E-state index in [1.165, 1.54) is 0 Å². The average molecular weight is 275 g/mol. The van der Waals surface area contributed by atoms with Crippen LogP contribution in [0, 0.1) is 0 Å². The molecule has 0 bridgehead atoms. The van der Waals surface area contributed by atoms with Crippen molar-refractivity contribution >= 4 is 12.3 Å². The molecular weight excluding hydrogens is 254 g/mol. The summed E-state index contributed by atoms with van der Waals surface area (Å²) in [6.45, 7) is 4.56. The molecule has 20 heavy (non-hydrogen) atoms. The van der Waals surface area contributed by atoms with Crippen molar-refractivity contribution < 1.29 is 9.59 Å². The van der Waals surface area contributed by atoms with Crippen molar-refractivity contribution in [1.82, 2.24) is 15.1 Å². The highest BCUT2D eigenvalue weighted by Gasteiger charge is 2.15. The van der Waals surface area contributed by atoms with Gasteiger partial charge in [-0.1, -0.05) is 30.3 Å². The first-order valence-electron chi connectivity index (χ1n) is 7.00. The van der Waals surface area contributed by atoms with E-state index in [4.69, 9.17) is 0 Å². The third kappa shape index (κ3) is 4.66. The minimum atomic E-state index is 0.0756. The summed E-state index contributed by atoms with van der Waals surface area (Å²) in [5, 5.41) is 2.93. The summed E-state index contributed by atoms with van der Waals surface area (Å²) in [5.41, 5.74) is 1.11. The molecule has 0 aromatic heterocycles. The zero-order valence-electron chi connectivity index (χ0n) is 11.6. The average Bonchev–Trinajstić information content (AvgIpc) is 2.52. The van der Waals surface area contributed by atoms with E-state index in [0.717, 1.165) is 44.7 Å². The molecule has 1 aromatic carbocycles. The predicted molar refractivity (Wildman–Crippen MR) is 77.0 cm³/mol. The number of amides is 2. The zero-order valence-corrected chi connectivity index (χ0v) is 11.6. The van der Waals surface area contributed by atoms with Gasteiger partial charge in [-0.25, -0.2) is 0 Å². The van der Waals surface area contributed by atoms with Crippen LogP contribution in [-0.4, -0.2) is 54.8 Å². The van der Waals surface area contributed by atoms with Crippen LogP contribution < -0.4 is 5.32 Å². The van der Waals surface area contributed by atoms with Crippen LogP contribution in [0.3, 0.4) is 0 Å². The smallest absolute Gasteiger partial charge is 0.221 e. The molecule has 0 atom stereocenters. The van der Waals surface area contributed by atoms with Crippen molar-refractivity contribution in [3.05, 3.63) is 35.9 Å². The summed E-state index contributed by atoms with van der Waals surface area (Å²) in [5.74, 6) is 0.0756. The van der Waals surface area contributed by atoms with Gasteiger partial charge >= 0.3 is 0 Å². The normalized spacial score (nSPS) is 15.9. The molecule has 1 aliphatic heterocycles. The van der Waals surface area contributed by atoms with Crippen LogP contribution in [0.1, 0.15) is 12.0 Å². The Morgan fingerprint density at radius 3 is 2.50 bits per heavy atom. The lowest BCUT2D eigenvalue weighted by Gasteiger charge is -2.32. The number of hydrogen-bond donors (Lipinski definition) is 1. The van der Waals surface area contributed by atoms with E-state index in [9.17, 15) is 9.59 Å². The molecule has 108 valence electrons. The first kappa shape index (κ1) is 14.5. The van der Waals surface area contributed by atoms with Crippen LogP contribution in [0.2, 0.25) is 0 Å². The Morgan fingerprint density at radius 2 is 1.85 bits per heavy atom. The van der Waals surface area contributed by atoms with Gasteiger partial charge in [0.2, 0.25) is 12.3 Å². The van der Waals surface area contributed by atoms with E-state index in [2.05, 4.69) is 10.2 Å². The molecular formula is C15H21N3O2. The Balaban J connectivity index is 1.62. The zero-order chi connectivity index (χ0) is 14.2. The Kier molecular flexibility index (Phi) is 5.55. The minimum absolute atomic E-state index is 0.0756. The second-order valence-electron chi connectivity index (χ2n) is 5.00. The highest BCUT2D eigenvalue weighted by molar-refractivity contribution is 5.76. The Labute approximate surface area is 119 Å². The number of benzene rings is 1. The molecule has 0 saturated carbocycles. The molecule has 0 aliphatic carbocycles. The number of hydrogen-bond acceptors (Lipinski definition) is 3. The second-order valence-corrected chi connectivity index (χ2v) is 5.00. The van der Waals surface area contributed by atoms with Crippen molar-refractivity contribution in [1.29, 1.82) is 0 Å². The summed E-state index contributed by atoms with van der Waals surface area (Å²) in [6, 6.07) is 9.89. The van der Waals surface area contributed by atoms with Gasteiger partial charge in [-0.05, 0) is 5.56 Å². The second kappa shape index (κ2) is 7.65. The maximum Gasteiger partial charge on any atom is 0.221 e. The molecule has 0 spiro atoms. The highest BCUT2D eigenvalue weighted by atomic mass is 16.1. The van der Waals surface area contributed by atoms with Crippen LogP contribution in [0.25, 0.3) is 0 Å². The van der Waals surface area contributed by atoms with Crippen molar-refractivity contribution in [2.45, 2.75) is 13.0 Å². The molecule has 5 nitrogen and oxygen atoms in total. The summed E-state index contributed by atoms with van der Waals surface area (Å²) in [7, 11) is 0. The number of nitrogens with one attached hydrogen (secondary N) is 1. The van der Waals surface area contributed by atoms with E-state index in [1.54, 1.807) is 4.90 Å². The third-order valence-corrected chi connectivity index (χ3v) is 3.54. The fraction of sp³-hybridized carbons (Fsp3) is 0.467. The monoisotopic (exact) mass is 275 g/mol. The molecule has 1 N–H and O–H groups in total.